The molecule has 0 saturated carbocycles. The third-order valence-corrected chi connectivity index (χ3v) is 2.86. The molecule has 0 bridgehead atoms. The SMILES string of the molecule is Cc1cc(C(=O)NCc2cccc(C(F)(F)F)c2F)ncn1. The maximum Gasteiger partial charge on any atom is 0.419 e. The molecule has 1 amide bonds. The minimum atomic E-state index is -4.78. The van der Waals surface area contributed by atoms with Crippen LogP contribution in [0.25, 0.3) is 0 Å². The van der Waals surface area contributed by atoms with Crippen LogP contribution in [0.2, 0.25) is 0 Å². The monoisotopic (exact) mass is 313 g/mol. The second kappa shape index (κ2) is 6.08. The summed E-state index contributed by atoms with van der Waals surface area (Å²) in [6.07, 6.45) is -3.59. The van der Waals surface area contributed by atoms with Gasteiger partial charge in [-0.25, -0.2) is 14.4 Å². The third kappa shape index (κ3) is 3.57. The first kappa shape index (κ1) is 15.9. The van der Waals surface area contributed by atoms with E-state index in [1.807, 2.05) is 0 Å². The normalized spacial score (nSPS) is 11.3. The number of hydrogen-bond acceptors (Lipinski definition) is 3. The smallest absolute Gasteiger partial charge is 0.347 e. The Kier molecular flexibility index (Phi) is 4.39. The molecule has 0 atom stereocenters. The molecule has 22 heavy (non-hydrogen) atoms. The highest BCUT2D eigenvalue weighted by Crippen LogP contribution is 2.32. The number of rotatable bonds is 3. The molecule has 1 aromatic heterocycles. The van der Waals surface area contributed by atoms with E-state index in [9.17, 15) is 22.4 Å². The van der Waals surface area contributed by atoms with Crippen LogP contribution in [0.5, 0.6) is 0 Å². The summed E-state index contributed by atoms with van der Waals surface area (Å²) < 4.78 is 51.6. The van der Waals surface area contributed by atoms with Crippen LogP contribution in [0, 0.1) is 12.7 Å². The van der Waals surface area contributed by atoms with E-state index in [0.717, 1.165) is 6.07 Å². The molecular formula is C14H11F4N3O. The van der Waals surface area contributed by atoms with Gasteiger partial charge in [-0.1, -0.05) is 12.1 Å². The number of carbonyl (C=O) groups is 1. The van der Waals surface area contributed by atoms with Crippen LogP contribution in [0.1, 0.15) is 27.3 Å². The fourth-order valence-electron chi connectivity index (χ4n) is 1.78. The van der Waals surface area contributed by atoms with Crippen molar-refractivity contribution in [2.75, 3.05) is 0 Å². The molecule has 2 aromatic rings. The fraction of sp³-hybridized carbons (Fsp3) is 0.214. The minimum Gasteiger partial charge on any atom is -0.347 e. The summed E-state index contributed by atoms with van der Waals surface area (Å²) in [4.78, 5) is 19.4. The van der Waals surface area contributed by atoms with Crippen LogP contribution in [-0.4, -0.2) is 15.9 Å². The summed E-state index contributed by atoms with van der Waals surface area (Å²) in [5, 5.41) is 2.33. The average molecular weight is 313 g/mol. The molecule has 1 heterocycles. The Hall–Kier alpha value is -2.51. The summed E-state index contributed by atoms with van der Waals surface area (Å²) in [6.45, 7) is 1.28. The van der Waals surface area contributed by atoms with Crippen molar-refractivity contribution in [1.29, 1.82) is 0 Å². The molecule has 0 aliphatic heterocycles. The lowest BCUT2D eigenvalue weighted by Crippen LogP contribution is -2.25. The molecule has 0 aliphatic carbocycles. The van der Waals surface area contributed by atoms with Crippen molar-refractivity contribution in [3.63, 3.8) is 0 Å². The second-order valence-electron chi connectivity index (χ2n) is 4.50. The zero-order chi connectivity index (χ0) is 16.3. The second-order valence-corrected chi connectivity index (χ2v) is 4.50. The van der Waals surface area contributed by atoms with Crippen LogP contribution < -0.4 is 5.32 Å². The van der Waals surface area contributed by atoms with E-state index < -0.39 is 23.5 Å². The number of amides is 1. The van der Waals surface area contributed by atoms with Gasteiger partial charge in [0.25, 0.3) is 5.91 Å². The Bertz CT molecular complexity index is 701. The summed E-state index contributed by atoms with van der Waals surface area (Å²) in [5.41, 5.74) is -1.00. The van der Waals surface area contributed by atoms with E-state index in [0.29, 0.717) is 11.8 Å². The molecular weight excluding hydrogens is 302 g/mol. The Morgan fingerprint density at radius 2 is 2.00 bits per heavy atom. The molecule has 1 N–H and O–H groups in total. The van der Waals surface area contributed by atoms with Crippen molar-refractivity contribution in [2.24, 2.45) is 0 Å². The van der Waals surface area contributed by atoms with Crippen molar-refractivity contribution in [2.45, 2.75) is 19.6 Å². The van der Waals surface area contributed by atoms with Gasteiger partial charge >= 0.3 is 6.18 Å². The number of hydrogen-bond donors (Lipinski definition) is 1. The van der Waals surface area contributed by atoms with E-state index in [-0.39, 0.29) is 17.8 Å². The number of alkyl halides is 3. The molecule has 1 aromatic carbocycles. The van der Waals surface area contributed by atoms with E-state index >= 15 is 0 Å². The average Bonchev–Trinajstić information content (AvgIpc) is 2.44. The predicted octanol–water partition coefficient (Wildman–Crippen LogP) is 2.87. The number of aromatic nitrogens is 2. The van der Waals surface area contributed by atoms with Crippen molar-refractivity contribution in [3.8, 4) is 0 Å². The van der Waals surface area contributed by atoms with Gasteiger partial charge in [-0.15, -0.1) is 0 Å². The van der Waals surface area contributed by atoms with Crippen molar-refractivity contribution in [3.05, 3.63) is 58.9 Å². The largest absolute Gasteiger partial charge is 0.419 e. The highest BCUT2D eigenvalue weighted by molar-refractivity contribution is 5.92. The number of aryl methyl sites for hydroxylation is 1. The first-order valence-corrected chi connectivity index (χ1v) is 6.20. The zero-order valence-electron chi connectivity index (χ0n) is 11.4. The van der Waals surface area contributed by atoms with Gasteiger partial charge in [0.2, 0.25) is 0 Å². The molecule has 0 radical (unpaired) electrons. The quantitative estimate of drug-likeness (QED) is 0.887. The number of halogens is 4. The van der Waals surface area contributed by atoms with Gasteiger partial charge in [-0.05, 0) is 19.1 Å². The lowest BCUT2D eigenvalue weighted by molar-refractivity contribution is -0.140. The van der Waals surface area contributed by atoms with Gasteiger partial charge < -0.3 is 5.32 Å². The predicted molar refractivity (Wildman–Crippen MR) is 69.3 cm³/mol. The van der Waals surface area contributed by atoms with Crippen LogP contribution in [0.3, 0.4) is 0 Å². The number of carbonyl (C=O) groups excluding carboxylic acids is 1. The molecule has 0 aliphatic rings. The molecule has 0 saturated heterocycles. The van der Waals surface area contributed by atoms with Crippen LogP contribution in [0.15, 0.2) is 30.6 Å². The summed E-state index contributed by atoms with van der Waals surface area (Å²) >= 11 is 0. The summed E-state index contributed by atoms with van der Waals surface area (Å²) in [7, 11) is 0. The lowest BCUT2D eigenvalue weighted by Gasteiger charge is -2.11. The van der Waals surface area contributed by atoms with Crippen LogP contribution >= 0.6 is 0 Å². The van der Waals surface area contributed by atoms with E-state index in [4.69, 9.17) is 0 Å². The van der Waals surface area contributed by atoms with Gasteiger partial charge in [0.15, 0.2) is 0 Å². The summed E-state index contributed by atoms with van der Waals surface area (Å²) in [6, 6.07) is 4.32. The van der Waals surface area contributed by atoms with E-state index in [2.05, 4.69) is 15.3 Å². The molecule has 0 spiro atoms. The molecule has 8 heteroatoms. The Morgan fingerprint density at radius 1 is 1.27 bits per heavy atom. The Labute approximate surface area is 123 Å². The fourth-order valence-corrected chi connectivity index (χ4v) is 1.78. The maximum absolute atomic E-state index is 13.8. The first-order chi connectivity index (χ1) is 10.3. The summed E-state index contributed by atoms with van der Waals surface area (Å²) in [5.74, 6) is -2.02. The Balaban J connectivity index is 2.14. The van der Waals surface area contributed by atoms with Crippen molar-refractivity contribution in [1.82, 2.24) is 15.3 Å². The van der Waals surface area contributed by atoms with Gasteiger partial charge in [-0.3, -0.25) is 4.79 Å². The Morgan fingerprint density at radius 3 is 2.64 bits per heavy atom. The highest BCUT2D eigenvalue weighted by Gasteiger charge is 2.34. The van der Waals surface area contributed by atoms with E-state index in [1.54, 1.807) is 6.92 Å². The number of nitrogens with zero attached hydrogens (tertiary/aromatic N) is 2. The third-order valence-electron chi connectivity index (χ3n) is 2.86. The van der Waals surface area contributed by atoms with Crippen molar-refractivity contribution < 1.29 is 22.4 Å². The van der Waals surface area contributed by atoms with E-state index in [1.165, 1.54) is 18.5 Å². The number of nitrogens with one attached hydrogen (secondary N) is 1. The lowest BCUT2D eigenvalue weighted by atomic mass is 10.1. The van der Waals surface area contributed by atoms with Gasteiger partial charge in [0, 0.05) is 17.8 Å². The standard InChI is InChI=1S/C14H11F4N3O/c1-8-5-11(21-7-20-8)13(22)19-6-9-3-2-4-10(12(9)15)14(16,17)18/h2-5,7H,6H2,1H3,(H,19,22). The highest BCUT2D eigenvalue weighted by atomic mass is 19.4. The minimum absolute atomic E-state index is 0.0554. The molecule has 0 unspecified atom stereocenters. The molecule has 0 fully saturated rings. The van der Waals surface area contributed by atoms with Gasteiger partial charge in [0.05, 0.1) is 5.56 Å². The van der Waals surface area contributed by atoms with Crippen LogP contribution in [-0.2, 0) is 12.7 Å². The first-order valence-electron chi connectivity index (χ1n) is 6.20. The van der Waals surface area contributed by atoms with Gasteiger partial charge in [-0.2, -0.15) is 13.2 Å². The molecule has 2 rings (SSSR count). The number of benzene rings is 1. The van der Waals surface area contributed by atoms with Gasteiger partial charge in [0.1, 0.15) is 17.8 Å². The molecule has 4 nitrogen and oxygen atoms in total. The zero-order valence-corrected chi connectivity index (χ0v) is 11.4. The molecule has 116 valence electrons. The topological polar surface area (TPSA) is 54.9 Å². The maximum atomic E-state index is 13.8. The van der Waals surface area contributed by atoms with Crippen LogP contribution in [0.4, 0.5) is 17.6 Å². The van der Waals surface area contributed by atoms with Crippen molar-refractivity contribution >= 4 is 5.91 Å².